The summed E-state index contributed by atoms with van der Waals surface area (Å²) in [6.07, 6.45) is 2.13. The zero-order valence-electron chi connectivity index (χ0n) is 15.1. The molecule has 6 nitrogen and oxygen atoms in total. The van der Waals surface area contributed by atoms with Gasteiger partial charge in [-0.3, -0.25) is 9.59 Å². The lowest BCUT2D eigenvalue weighted by Crippen LogP contribution is -2.33. The highest BCUT2D eigenvalue weighted by Gasteiger charge is 2.37. The van der Waals surface area contributed by atoms with Crippen molar-refractivity contribution >= 4 is 39.2 Å². The first-order valence-electron chi connectivity index (χ1n) is 9.05. The molecule has 1 fully saturated rings. The molecule has 1 aromatic heterocycles. The zero-order chi connectivity index (χ0) is 19.5. The Bertz CT molecular complexity index is 1000. The average Bonchev–Trinajstić information content (AvgIpc) is 3.29. The summed E-state index contributed by atoms with van der Waals surface area (Å²) in [4.78, 5) is 27.2. The fourth-order valence-corrected chi connectivity index (χ4v) is 3.75. The van der Waals surface area contributed by atoms with Crippen LogP contribution in [0.15, 0.2) is 71.3 Å². The van der Waals surface area contributed by atoms with Gasteiger partial charge >= 0.3 is 0 Å². The van der Waals surface area contributed by atoms with E-state index in [1.54, 1.807) is 21.8 Å². The van der Waals surface area contributed by atoms with E-state index in [1.807, 2.05) is 54.6 Å². The molecule has 2 heterocycles. The van der Waals surface area contributed by atoms with E-state index in [-0.39, 0.29) is 11.8 Å². The molecule has 142 valence electrons. The molecular weight excluding hydrogens is 420 g/mol. The molecule has 7 heteroatoms. The molecule has 0 spiro atoms. The summed E-state index contributed by atoms with van der Waals surface area (Å²) in [6, 6.07) is 19.2. The fraction of sp³-hybridized carbons (Fsp3) is 0.190. The molecule has 2 aromatic carbocycles. The van der Waals surface area contributed by atoms with Crippen molar-refractivity contribution in [3.8, 4) is 0 Å². The number of hydrogen-bond donors (Lipinski definition) is 1. The summed E-state index contributed by atoms with van der Waals surface area (Å²) in [5, 5.41) is 7.16. The SMILES string of the molecule is O=C(Nc1ccnn1Cc1ccccc1)C1CCN(c2cccc(Br)c2)C1=O. The number of halogens is 1. The van der Waals surface area contributed by atoms with Crippen LogP contribution in [0.2, 0.25) is 0 Å². The van der Waals surface area contributed by atoms with Crippen molar-refractivity contribution in [2.75, 3.05) is 16.8 Å². The fourth-order valence-electron chi connectivity index (χ4n) is 3.36. The van der Waals surface area contributed by atoms with Crippen LogP contribution in [0.1, 0.15) is 12.0 Å². The Morgan fingerprint density at radius 3 is 2.75 bits per heavy atom. The molecule has 28 heavy (non-hydrogen) atoms. The third-order valence-corrected chi connectivity index (χ3v) is 5.28. The van der Waals surface area contributed by atoms with Gasteiger partial charge in [0.25, 0.3) is 0 Å². The maximum absolute atomic E-state index is 12.8. The molecule has 1 saturated heterocycles. The van der Waals surface area contributed by atoms with E-state index in [0.717, 1.165) is 15.7 Å². The van der Waals surface area contributed by atoms with Crippen LogP contribution in [0, 0.1) is 5.92 Å². The lowest BCUT2D eigenvalue weighted by molar-refractivity contribution is -0.129. The summed E-state index contributed by atoms with van der Waals surface area (Å²) in [6.45, 7) is 1.07. The number of nitrogens with zero attached hydrogens (tertiary/aromatic N) is 3. The lowest BCUT2D eigenvalue weighted by Gasteiger charge is -2.17. The second-order valence-corrected chi connectivity index (χ2v) is 7.58. The molecule has 1 N–H and O–H groups in total. The van der Waals surface area contributed by atoms with Gasteiger partial charge in [-0.05, 0) is 30.2 Å². The van der Waals surface area contributed by atoms with Gasteiger partial charge in [-0.25, -0.2) is 4.68 Å². The molecule has 0 aliphatic carbocycles. The molecule has 2 amide bonds. The Morgan fingerprint density at radius 2 is 1.96 bits per heavy atom. The van der Waals surface area contributed by atoms with Crippen LogP contribution in [-0.2, 0) is 16.1 Å². The minimum Gasteiger partial charge on any atom is -0.312 e. The Hall–Kier alpha value is -2.93. The van der Waals surface area contributed by atoms with Crippen molar-refractivity contribution < 1.29 is 9.59 Å². The molecule has 0 saturated carbocycles. The van der Waals surface area contributed by atoms with Crippen LogP contribution < -0.4 is 10.2 Å². The van der Waals surface area contributed by atoms with Gasteiger partial charge in [-0.1, -0.05) is 52.3 Å². The number of rotatable bonds is 5. The van der Waals surface area contributed by atoms with Gasteiger partial charge in [0, 0.05) is 22.8 Å². The van der Waals surface area contributed by atoms with Crippen molar-refractivity contribution in [2.24, 2.45) is 5.92 Å². The predicted octanol–water partition coefficient (Wildman–Crippen LogP) is 3.69. The highest BCUT2D eigenvalue weighted by atomic mass is 79.9. The largest absolute Gasteiger partial charge is 0.312 e. The first-order chi connectivity index (χ1) is 13.6. The quantitative estimate of drug-likeness (QED) is 0.617. The highest BCUT2D eigenvalue weighted by Crippen LogP contribution is 2.28. The molecule has 4 rings (SSSR count). The molecular formula is C21H19BrN4O2. The first-order valence-corrected chi connectivity index (χ1v) is 9.84. The minimum atomic E-state index is -0.695. The Kier molecular flexibility index (Phi) is 5.25. The molecule has 1 unspecified atom stereocenters. The minimum absolute atomic E-state index is 0.176. The van der Waals surface area contributed by atoms with Crippen LogP contribution in [0.3, 0.4) is 0 Å². The lowest BCUT2D eigenvalue weighted by atomic mass is 10.1. The van der Waals surface area contributed by atoms with E-state index in [4.69, 9.17) is 0 Å². The van der Waals surface area contributed by atoms with Crippen molar-refractivity contribution in [2.45, 2.75) is 13.0 Å². The van der Waals surface area contributed by atoms with Crippen LogP contribution >= 0.6 is 15.9 Å². The van der Waals surface area contributed by atoms with Crippen molar-refractivity contribution in [1.29, 1.82) is 0 Å². The van der Waals surface area contributed by atoms with Crippen LogP contribution in [0.4, 0.5) is 11.5 Å². The van der Waals surface area contributed by atoms with E-state index >= 15 is 0 Å². The van der Waals surface area contributed by atoms with E-state index < -0.39 is 5.92 Å². The Morgan fingerprint density at radius 1 is 1.14 bits per heavy atom. The molecule has 3 aromatic rings. The maximum atomic E-state index is 12.8. The summed E-state index contributed by atoms with van der Waals surface area (Å²) < 4.78 is 2.62. The third-order valence-electron chi connectivity index (χ3n) is 4.78. The van der Waals surface area contributed by atoms with Crippen molar-refractivity contribution in [1.82, 2.24) is 9.78 Å². The standard InChI is InChI=1S/C21H19BrN4O2/c22-16-7-4-8-17(13-16)25-12-10-18(21(25)28)20(27)24-19-9-11-23-26(19)14-15-5-2-1-3-6-15/h1-9,11,13,18H,10,12,14H2,(H,24,27). The van der Waals surface area contributed by atoms with Crippen LogP contribution in [0.5, 0.6) is 0 Å². The molecule has 1 atom stereocenters. The summed E-state index contributed by atoms with van der Waals surface area (Å²) in [7, 11) is 0. The van der Waals surface area contributed by atoms with E-state index in [1.165, 1.54) is 0 Å². The van der Waals surface area contributed by atoms with E-state index in [9.17, 15) is 9.59 Å². The number of carbonyl (C=O) groups excluding carboxylic acids is 2. The second-order valence-electron chi connectivity index (χ2n) is 6.66. The molecule has 0 radical (unpaired) electrons. The maximum Gasteiger partial charge on any atom is 0.239 e. The monoisotopic (exact) mass is 438 g/mol. The first kappa shape index (κ1) is 18.4. The Balaban J connectivity index is 1.45. The summed E-state index contributed by atoms with van der Waals surface area (Å²) >= 11 is 3.42. The van der Waals surface area contributed by atoms with Crippen LogP contribution in [0.25, 0.3) is 0 Å². The van der Waals surface area contributed by atoms with Crippen LogP contribution in [-0.4, -0.2) is 28.1 Å². The van der Waals surface area contributed by atoms with Gasteiger partial charge in [0.2, 0.25) is 11.8 Å². The average molecular weight is 439 g/mol. The normalized spacial score (nSPS) is 16.4. The number of nitrogens with one attached hydrogen (secondary N) is 1. The van der Waals surface area contributed by atoms with Gasteiger partial charge < -0.3 is 10.2 Å². The zero-order valence-corrected chi connectivity index (χ0v) is 16.7. The predicted molar refractivity (Wildman–Crippen MR) is 111 cm³/mol. The topological polar surface area (TPSA) is 67.2 Å². The number of benzene rings is 2. The van der Waals surface area contributed by atoms with Gasteiger partial charge in [-0.15, -0.1) is 0 Å². The molecule has 1 aliphatic rings. The second kappa shape index (κ2) is 7.98. The summed E-state index contributed by atoms with van der Waals surface area (Å²) in [5.41, 5.74) is 1.88. The third kappa shape index (κ3) is 3.84. The number of carbonyl (C=O) groups is 2. The molecule has 0 bridgehead atoms. The number of hydrogen-bond acceptors (Lipinski definition) is 3. The van der Waals surface area contributed by atoms with E-state index in [0.29, 0.717) is 25.3 Å². The number of amides is 2. The van der Waals surface area contributed by atoms with Gasteiger partial charge in [0.1, 0.15) is 11.7 Å². The Labute approximate surface area is 171 Å². The van der Waals surface area contributed by atoms with Gasteiger partial charge in [-0.2, -0.15) is 5.10 Å². The highest BCUT2D eigenvalue weighted by molar-refractivity contribution is 9.10. The molecule has 1 aliphatic heterocycles. The smallest absolute Gasteiger partial charge is 0.239 e. The van der Waals surface area contributed by atoms with Crippen molar-refractivity contribution in [3.63, 3.8) is 0 Å². The number of anilines is 2. The summed E-state index contributed by atoms with van der Waals surface area (Å²) in [5.74, 6) is -0.580. The van der Waals surface area contributed by atoms with Crippen molar-refractivity contribution in [3.05, 3.63) is 76.9 Å². The number of aromatic nitrogens is 2. The van der Waals surface area contributed by atoms with Gasteiger partial charge in [0.15, 0.2) is 0 Å². The van der Waals surface area contributed by atoms with E-state index in [2.05, 4.69) is 26.3 Å². The van der Waals surface area contributed by atoms with Gasteiger partial charge in [0.05, 0.1) is 12.7 Å².